The van der Waals surface area contributed by atoms with Gasteiger partial charge >= 0.3 is 11.7 Å². The minimum atomic E-state index is -0.822. The van der Waals surface area contributed by atoms with Gasteiger partial charge in [-0.15, -0.1) is 0 Å². The molecule has 2 rings (SSSR count). The summed E-state index contributed by atoms with van der Waals surface area (Å²) in [5, 5.41) is 13.1. The standard InChI is InChI=1S/C18H22N2O8/c1-26-15-9-13(7-8-14(15)20(24)25)27-11-17(22)28-10-16(21)19-18(23)12-5-3-2-4-6-12/h7-9,12H,2-6,10-11H2,1H3,(H,19,21,23). The number of hydrogen-bond donors (Lipinski definition) is 1. The molecule has 0 heterocycles. The van der Waals surface area contributed by atoms with Gasteiger partial charge < -0.3 is 14.2 Å². The summed E-state index contributed by atoms with van der Waals surface area (Å²) in [5.74, 6) is -1.88. The second-order valence-corrected chi connectivity index (χ2v) is 6.29. The minimum Gasteiger partial charge on any atom is -0.490 e. The number of benzene rings is 1. The number of rotatable bonds is 8. The maximum atomic E-state index is 11.9. The molecule has 0 bridgehead atoms. The Kier molecular flexibility index (Phi) is 7.73. The normalized spacial score (nSPS) is 14.0. The highest BCUT2D eigenvalue weighted by atomic mass is 16.6. The smallest absolute Gasteiger partial charge is 0.344 e. The molecule has 28 heavy (non-hydrogen) atoms. The summed E-state index contributed by atoms with van der Waals surface area (Å²) in [7, 11) is 1.27. The lowest BCUT2D eigenvalue weighted by atomic mass is 9.89. The Morgan fingerprint density at radius 2 is 1.89 bits per heavy atom. The molecule has 0 atom stereocenters. The summed E-state index contributed by atoms with van der Waals surface area (Å²) >= 11 is 0. The van der Waals surface area contributed by atoms with Crippen LogP contribution in [-0.4, -0.2) is 43.0 Å². The maximum Gasteiger partial charge on any atom is 0.344 e. The lowest BCUT2D eigenvalue weighted by molar-refractivity contribution is -0.385. The topological polar surface area (TPSA) is 134 Å². The van der Waals surface area contributed by atoms with E-state index >= 15 is 0 Å². The second kappa shape index (κ2) is 10.2. The third kappa shape index (κ3) is 6.22. The van der Waals surface area contributed by atoms with Crippen LogP contribution in [0.1, 0.15) is 32.1 Å². The fourth-order valence-electron chi connectivity index (χ4n) is 2.87. The molecular weight excluding hydrogens is 372 g/mol. The molecular formula is C18H22N2O8. The highest BCUT2D eigenvalue weighted by Crippen LogP contribution is 2.30. The van der Waals surface area contributed by atoms with Gasteiger partial charge in [-0.05, 0) is 18.9 Å². The van der Waals surface area contributed by atoms with Crippen LogP contribution in [0.5, 0.6) is 11.5 Å². The predicted octanol–water partition coefficient (Wildman–Crippen LogP) is 1.75. The molecule has 0 aromatic heterocycles. The van der Waals surface area contributed by atoms with E-state index < -0.39 is 30.0 Å². The molecule has 0 unspecified atom stereocenters. The summed E-state index contributed by atoms with van der Waals surface area (Å²) in [5.41, 5.74) is -0.239. The first-order valence-electron chi connectivity index (χ1n) is 8.85. The van der Waals surface area contributed by atoms with Gasteiger partial charge in [0.15, 0.2) is 13.2 Å². The van der Waals surface area contributed by atoms with E-state index in [-0.39, 0.29) is 29.0 Å². The van der Waals surface area contributed by atoms with E-state index in [2.05, 4.69) is 5.32 Å². The molecule has 0 spiro atoms. The van der Waals surface area contributed by atoms with Crippen LogP contribution in [-0.2, 0) is 19.1 Å². The molecule has 152 valence electrons. The molecule has 1 aromatic carbocycles. The van der Waals surface area contributed by atoms with E-state index in [1.165, 1.54) is 25.3 Å². The zero-order valence-electron chi connectivity index (χ0n) is 15.5. The van der Waals surface area contributed by atoms with E-state index in [4.69, 9.17) is 14.2 Å². The van der Waals surface area contributed by atoms with Crippen LogP contribution in [0.4, 0.5) is 5.69 Å². The number of methoxy groups -OCH3 is 1. The lowest BCUT2D eigenvalue weighted by Gasteiger charge is -2.20. The van der Waals surface area contributed by atoms with Gasteiger partial charge in [0.2, 0.25) is 11.7 Å². The van der Waals surface area contributed by atoms with Crippen molar-refractivity contribution in [1.82, 2.24) is 5.32 Å². The summed E-state index contributed by atoms with van der Waals surface area (Å²) in [6, 6.07) is 3.76. The zero-order valence-corrected chi connectivity index (χ0v) is 15.5. The van der Waals surface area contributed by atoms with Crippen LogP contribution in [0.15, 0.2) is 18.2 Å². The Bertz CT molecular complexity index is 743. The minimum absolute atomic E-state index is 0.0172. The number of ether oxygens (including phenoxy) is 3. The van der Waals surface area contributed by atoms with Crippen LogP contribution in [0.3, 0.4) is 0 Å². The number of nitro groups is 1. The van der Waals surface area contributed by atoms with Gasteiger partial charge in [0.25, 0.3) is 5.91 Å². The predicted molar refractivity (Wildman–Crippen MR) is 95.8 cm³/mol. The van der Waals surface area contributed by atoms with Gasteiger partial charge in [-0.1, -0.05) is 19.3 Å². The zero-order chi connectivity index (χ0) is 20.5. The third-order valence-corrected chi connectivity index (χ3v) is 4.31. The number of esters is 1. The van der Waals surface area contributed by atoms with Gasteiger partial charge in [0.1, 0.15) is 5.75 Å². The molecule has 0 saturated heterocycles. The molecule has 1 aliphatic rings. The van der Waals surface area contributed by atoms with Gasteiger partial charge in [0.05, 0.1) is 12.0 Å². The number of nitrogens with one attached hydrogen (secondary N) is 1. The quantitative estimate of drug-likeness (QED) is 0.400. The van der Waals surface area contributed by atoms with Crippen LogP contribution < -0.4 is 14.8 Å². The van der Waals surface area contributed by atoms with Crippen molar-refractivity contribution in [2.75, 3.05) is 20.3 Å². The molecule has 1 aliphatic carbocycles. The molecule has 1 fully saturated rings. The SMILES string of the molecule is COc1cc(OCC(=O)OCC(=O)NC(=O)C2CCCCC2)ccc1[N+](=O)[O-]. The van der Waals surface area contributed by atoms with Crippen molar-refractivity contribution in [1.29, 1.82) is 0 Å². The van der Waals surface area contributed by atoms with Crippen molar-refractivity contribution >= 4 is 23.5 Å². The number of carbonyl (C=O) groups is 3. The Morgan fingerprint density at radius 1 is 1.18 bits per heavy atom. The van der Waals surface area contributed by atoms with E-state index in [1.807, 2.05) is 0 Å². The van der Waals surface area contributed by atoms with E-state index in [9.17, 15) is 24.5 Å². The third-order valence-electron chi connectivity index (χ3n) is 4.31. The molecule has 10 nitrogen and oxygen atoms in total. The number of imide groups is 1. The van der Waals surface area contributed by atoms with Gasteiger partial charge in [-0.3, -0.25) is 25.0 Å². The van der Waals surface area contributed by atoms with E-state index in [0.29, 0.717) is 0 Å². The number of carbonyl (C=O) groups excluding carboxylic acids is 3. The highest BCUT2D eigenvalue weighted by molar-refractivity contribution is 5.97. The first-order valence-corrected chi connectivity index (χ1v) is 8.85. The average molecular weight is 394 g/mol. The molecule has 1 saturated carbocycles. The number of nitrogens with zero attached hydrogens (tertiary/aromatic N) is 1. The molecule has 0 radical (unpaired) electrons. The number of nitro benzene ring substituents is 1. The van der Waals surface area contributed by atoms with Crippen molar-refractivity contribution in [3.63, 3.8) is 0 Å². The second-order valence-electron chi connectivity index (χ2n) is 6.29. The maximum absolute atomic E-state index is 11.9. The Morgan fingerprint density at radius 3 is 2.54 bits per heavy atom. The summed E-state index contributed by atoms with van der Waals surface area (Å²) in [6.07, 6.45) is 4.53. The number of hydrogen-bond acceptors (Lipinski definition) is 8. The van der Waals surface area contributed by atoms with Gasteiger partial charge in [-0.2, -0.15) is 0 Å². The van der Waals surface area contributed by atoms with Gasteiger partial charge in [0, 0.05) is 18.1 Å². The van der Waals surface area contributed by atoms with Crippen molar-refractivity contribution in [3.05, 3.63) is 28.3 Å². The van der Waals surface area contributed by atoms with E-state index in [0.717, 1.165) is 32.1 Å². The van der Waals surface area contributed by atoms with Crippen molar-refractivity contribution < 1.29 is 33.5 Å². The summed E-state index contributed by atoms with van der Waals surface area (Å²) in [6.45, 7) is -1.10. The molecule has 10 heteroatoms. The molecule has 1 N–H and O–H groups in total. The van der Waals surface area contributed by atoms with Gasteiger partial charge in [-0.25, -0.2) is 4.79 Å². The average Bonchev–Trinajstić information content (AvgIpc) is 2.70. The Labute approximate surface area is 161 Å². The monoisotopic (exact) mass is 394 g/mol. The van der Waals surface area contributed by atoms with Crippen molar-refractivity contribution in [2.45, 2.75) is 32.1 Å². The lowest BCUT2D eigenvalue weighted by Crippen LogP contribution is -2.39. The fourth-order valence-corrected chi connectivity index (χ4v) is 2.87. The van der Waals surface area contributed by atoms with Crippen LogP contribution in [0.25, 0.3) is 0 Å². The molecule has 2 amide bonds. The first-order chi connectivity index (χ1) is 13.4. The first kappa shape index (κ1) is 21.1. The Balaban J connectivity index is 1.74. The fraction of sp³-hybridized carbons (Fsp3) is 0.500. The molecule has 1 aromatic rings. The van der Waals surface area contributed by atoms with Crippen LogP contribution in [0, 0.1) is 16.0 Å². The Hall–Kier alpha value is -3.17. The van der Waals surface area contributed by atoms with E-state index in [1.54, 1.807) is 0 Å². The summed E-state index contributed by atoms with van der Waals surface area (Å²) < 4.78 is 14.8. The number of amides is 2. The largest absolute Gasteiger partial charge is 0.490 e. The van der Waals surface area contributed by atoms with Crippen LogP contribution in [0.2, 0.25) is 0 Å². The molecule has 0 aliphatic heterocycles. The van der Waals surface area contributed by atoms with Crippen molar-refractivity contribution in [2.24, 2.45) is 5.92 Å². The van der Waals surface area contributed by atoms with Crippen molar-refractivity contribution in [3.8, 4) is 11.5 Å². The highest BCUT2D eigenvalue weighted by Gasteiger charge is 2.23. The van der Waals surface area contributed by atoms with Crippen LogP contribution >= 0.6 is 0 Å². The summed E-state index contributed by atoms with van der Waals surface area (Å²) in [4.78, 5) is 45.6.